The highest BCUT2D eigenvalue weighted by atomic mass is 35.5. The van der Waals surface area contributed by atoms with E-state index in [0.29, 0.717) is 6.04 Å². The third-order valence-electron chi connectivity index (χ3n) is 3.73. The fourth-order valence-corrected chi connectivity index (χ4v) is 2.59. The van der Waals surface area contributed by atoms with Crippen LogP contribution in [0.2, 0.25) is 5.02 Å². The summed E-state index contributed by atoms with van der Waals surface area (Å²) >= 11 is 6.32. The van der Waals surface area contributed by atoms with Crippen molar-refractivity contribution in [3.63, 3.8) is 0 Å². The van der Waals surface area contributed by atoms with Crippen LogP contribution in [0.25, 0.3) is 0 Å². The lowest BCUT2D eigenvalue weighted by molar-refractivity contribution is 0.234. The predicted molar refractivity (Wildman–Crippen MR) is 78.5 cm³/mol. The van der Waals surface area contributed by atoms with E-state index in [4.69, 9.17) is 11.6 Å². The van der Waals surface area contributed by atoms with Crippen molar-refractivity contribution in [2.45, 2.75) is 19.5 Å². The van der Waals surface area contributed by atoms with Gasteiger partial charge in [-0.15, -0.1) is 0 Å². The highest BCUT2D eigenvalue weighted by Gasteiger charge is 2.21. The number of anilines is 1. The van der Waals surface area contributed by atoms with E-state index >= 15 is 0 Å². The molecule has 1 aromatic rings. The molecule has 1 unspecified atom stereocenters. The molecule has 2 rings (SSSR count). The van der Waals surface area contributed by atoms with Crippen molar-refractivity contribution >= 4 is 17.3 Å². The van der Waals surface area contributed by atoms with E-state index in [2.05, 4.69) is 47.3 Å². The topological polar surface area (TPSA) is 18.5 Å². The molecule has 0 aliphatic carbocycles. The predicted octanol–water partition coefficient (Wildman–Crippen LogP) is 2.20. The second kappa shape index (κ2) is 5.91. The third kappa shape index (κ3) is 2.97. The average Bonchev–Trinajstić information content (AvgIpc) is 2.35. The zero-order chi connectivity index (χ0) is 13.1. The van der Waals surface area contributed by atoms with Crippen molar-refractivity contribution < 1.29 is 0 Å². The minimum absolute atomic E-state index is 0.592. The molecule has 1 aliphatic heterocycles. The molecule has 1 saturated heterocycles. The van der Waals surface area contributed by atoms with Crippen LogP contribution in [0.4, 0.5) is 5.69 Å². The van der Waals surface area contributed by atoms with Gasteiger partial charge < -0.3 is 15.1 Å². The molecule has 0 radical (unpaired) electrons. The number of halogens is 1. The first-order chi connectivity index (χ1) is 8.61. The SMILES string of the molecule is CNCc1ccc(N2CCN(C)C(C)C2)cc1Cl. The molecule has 0 aromatic heterocycles. The Morgan fingerprint density at radius 3 is 2.78 bits per heavy atom. The summed E-state index contributed by atoms with van der Waals surface area (Å²) in [7, 11) is 4.12. The van der Waals surface area contributed by atoms with Gasteiger partial charge in [0.2, 0.25) is 0 Å². The highest BCUT2D eigenvalue weighted by Crippen LogP contribution is 2.25. The van der Waals surface area contributed by atoms with Crippen LogP contribution in [0.1, 0.15) is 12.5 Å². The van der Waals surface area contributed by atoms with Gasteiger partial charge in [-0.05, 0) is 38.7 Å². The second-order valence-electron chi connectivity index (χ2n) is 5.08. The van der Waals surface area contributed by atoms with Crippen molar-refractivity contribution in [3.8, 4) is 0 Å². The summed E-state index contributed by atoms with van der Waals surface area (Å²) < 4.78 is 0. The van der Waals surface area contributed by atoms with Gasteiger partial charge in [0.1, 0.15) is 0 Å². The number of rotatable bonds is 3. The molecule has 1 N–H and O–H groups in total. The summed E-state index contributed by atoms with van der Waals surface area (Å²) in [5.74, 6) is 0. The number of nitrogens with one attached hydrogen (secondary N) is 1. The molecule has 1 fully saturated rings. The molecule has 0 saturated carbocycles. The molecule has 0 spiro atoms. The van der Waals surface area contributed by atoms with Gasteiger partial charge in [0.25, 0.3) is 0 Å². The van der Waals surface area contributed by atoms with E-state index in [9.17, 15) is 0 Å². The number of likely N-dealkylation sites (N-methyl/N-ethyl adjacent to an activating group) is 1. The summed E-state index contributed by atoms with van der Waals surface area (Å²) in [5.41, 5.74) is 2.39. The monoisotopic (exact) mass is 267 g/mol. The van der Waals surface area contributed by atoms with Gasteiger partial charge in [0, 0.05) is 42.9 Å². The summed E-state index contributed by atoms with van der Waals surface area (Å²) in [6, 6.07) is 6.98. The molecule has 1 heterocycles. The third-order valence-corrected chi connectivity index (χ3v) is 4.08. The summed E-state index contributed by atoms with van der Waals surface area (Å²) in [5, 5.41) is 3.99. The maximum Gasteiger partial charge on any atom is 0.0471 e. The van der Waals surface area contributed by atoms with Gasteiger partial charge in [-0.2, -0.15) is 0 Å². The molecule has 1 aliphatic rings. The first-order valence-corrected chi connectivity index (χ1v) is 6.88. The molecule has 18 heavy (non-hydrogen) atoms. The largest absolute Gasteiger partial charge is 0.369 e. The zero-order valence-corrected chi connectivity index (χ0v) is 12.2. The quantitative estimate of drug-likeness (QED) is 0.906. The average molecular weight is 268 g/mol. The Morgan fingerprint density at radius 2 is 2.17 bits per heavy atom. The molecule has 4 heteroatoms. The maximum atomic E-state index is 6.32. The molecule has 0 bridgehead atoms. The van der Waals surface area contributed by atoms with Crippen molar-refractivity contribution in [1.82, 2.24) is 10.2 Å². The number of piperazine rings is 1. The van der Waals surface area contributed by atoms with Crippen LogP contribution in [-0.2, 0) is 6.54 Å². The number of hydrogen-bond donors (Lipinski definition) is 1. The number of benzene rings is 1. The van der Waals surface area contributed by atoms with Crippen LogP contribution in [0.3, 0.4) is 0 Å². The van der Waals surface area contributed by atoms with E-state index in [1.165, 1.54) is 5.69 Å². The fourth-order valence-electron chi connectivity index (χ4n) is 2.35. The Hall–Kier alpha value is -0.770. The Bertz CT molecular complexity index is 408. The molecule has 1 atom stereocenters. The summed E-state index contributed by atoms with van der Waals surface area (Å²) in [6.45, 7) is 6.33. The first-order valence-electron chi connectivity index (χ1n) is 6.50. The normalized spacial score (nSPS) is 21.3. The van der Waals surface area contributed by atoms with E-state index in [-0.39, 0.29) is 0 Å². The Balaban J connectivity index is 2.12. The van der Waals surface area contributed by atoms with Crippen LogP contribution in [0.5, 0.6) is 0 Å². The van der Waals surface area contributed by atoms with Gasteiger partial charge in [-0.1, -0.05) is 17.7 Å². The van der Waals surface area contributed by atoms with Crippen molar-refractivity contribution in [1.29, 1.82) is 0 Å². The number of hydrogen-bond acceptors (Lipinski definition) is 3. The van der Waals surface area contributed by atoms with E-state index in [1.807, 2.05) is 7.05 Å². The van der Waals surface area contributed by atoms with E-state index in [0.717, 1.165) is 36.8 Å². The van der Waals surface area contributed by atoms with Gasteiger partial charge in [-0.3, -0.25) is 0 Å². The van der Waals surface area contributed by atoms with Crippen LogP contribution >= 0.6 is 11.6 Å². The lowest BCUT2D eigenvalue weighted by Crippen LogP contribution is -2.50. The smallest absolute Gasteiger partial charge is 0.0471 e. The summed E-state index contributed by atoms with van der Waals surface area (Å²) in [6.07, 6.45) is 0. The second-order valence-corrected chi connectivity index (χ2v) is 5.49. The van der Waals surface area contributed by atoms with E-state index < -0.39 is 0 Å². The van der Waals surface area contributed by atoms with Crippen LogP contribution < -0.4 is 10.2 Å². The lowest BCUT2D eigenvalue weighted by Gasteiger charge is -2.39. The minimum atomic E-state index is 0.592. The van der Waals surface area contributed by atoms with Crippen molar-refractivity contribution in [3.05, 3.63) is 28.8 Å². The summed E-state index contributed by atoms with van der Waals surface area (Å²) in [4.78, 5) is 4.81. The van der Waals surface area contributed by atoms with Crippen LogP contribution in [0.15, 0.2) is 18.2 Å². The van der Waals surface area contributed by atoms with Crippen LogP contribution in [0, 0.1) is 0 Å². The first kappa shape index (κ1) is 13.7. The van der Waals surface area contributed by atoms with Gasteiger partial charge >= 0.3 is 0 Å². The Morgan fingerprint density at radius 1 is 1.39 bits per heavy atom. The van der Waals surface area contributed by atoms with E-state index in [1.54, 1.807) is 0 Å². The zero-order valence-electron chi connectivity index (χ0n) is 11.4. The Labute approximate surface area is 115 Å². The molecular weight excluding hydrogens is 246 g/mol. The number of nitrogens with zero attached hydrogens (tertiary/aromatic N) is 2. The fraction of sp³-hybridized carbons (Fsp3) is 0.571. The minimum Gasteiger partial charge on any atom is -0.369 e. The van der Waals surface area contributed by atoms with Crippen molar-refractivity contribution in [2.75, 3.05) is 38.6 Å². The Kier molecular flexibility index (Phi) is 4.49. The highest BCUT2D eigenvalue weighted by molar-refractivity contribution is 6.31. The van der Waals surface area contributed by atoms with Crippen molar-refractivity contribution in [2.24, 2.45) is 0 Å². The maximum absolute atomic E-state index is 6.32. The molecular formula is C14H22ClN3. The lowest BCUT2D eigenvalue weighted by atomic mass is 10.1. The van der Waals surface area contributed by atoms with Gasteiger partial charge in [0.05, 0.1) is 0 Å². The molecule has 100 valence electrons. The molecule has 0 amide bonds. The van der Waals surface area contributed by atoms with Gasteiger partial charge in [-0.25, -0.2) is 0 Å². The molecule has 3 nitrogen and oxygen atoms in total. The van der Waals surface area contributed by atoms with Gasteiger partial charge in [0.15, 0.2) is 0 Å². The van der Waals surface area contributed by atoms with Crippen LogP contribution in [-0.4, -0.2) is 44.7 Å². The molecule has 1 aromatic carbocycles. The standard InChI is InChI=1S/C14H22ClN3/c1-11-10-18(7-6-17(11)3)13-5-4-12(9-16-2)14(15)8-13/h4-5,8,11,16H,6-7,9-10H2,1-3H3.